The summed E-state index contributed by atoms with van der Waals surface area (Å²) < 4.78 is 39.2. The highest BCUT2D eigenvalue weighted by Gasteiger charge is 2.34. The maximum Gasteiger partial charge on any atom is 0.573 e. The van der Waals surface area contributed by atoms with E-state index in [0.29, 0.717) is 6.20 Å². The number of hydrogen-bond donors (Lipinski definition) is 1. The van der Waals surface area contributed by atoms with Crippen LogP contribution in [0, 0.1) is 21.4 Å². The first-order chi connectivity index (χ1) is 7.76. The lowest BCUT2D eigenvalue weighted by Gasteiger charge is -2.09. The van der Waals surface area contributed by atoms with Crippen LogP contribution in [0.5, 0.6) is 5.75 Å². The lowest BCUT2D eigenvalue weighted by atomic mass is 10.2. The molecule has 1 heterocycles. The number of nitriles is 1. The van der Waals surface area contributed by atoms with Crippen LogP contribution in [0.3, 0.4) is 0 Å². The molecule has 0 aromatic carbocycles. The van der Waals surface area contributed by atoms with Gasteiger partial charge in [-0.1, -0.05) is 0 Å². The summed E-state index contributed by atoms with van der Waals surface area (Å²) in [5.74, 6) is -1.89. The maximum absolute atomic E-state index is 11.9. The fourth-order valence-electron chi connectivity index (χ4n) is 0.961. The molecule has 17 heavy (non-hydrogen) atoms. The Hall–Kier alpha value is -2.57. The molecule has 0 aliphatic rings. The van der Waals surface area contributed by atoms with E-state index in [1.165, 1.54) is 6.07 Å². The normalized spacial score (nSPS) is 10.7. The van der Waals surface area contributed by atoms with E-state index in [0.717, 1.165) is 0 Å². The van der Waals surface area contributed by atoms with Crippen LogP contribution in [-0.4, -0.2) is 16.3 Å². The van der Waals surface area contributed by atoms with Crippen LogP contribution in [0.15, 0.2) is 6.20 Å². The molecule has 2 N–H and O–H groups in total. The first-order valence-electron chi connectivity index (χ1n) is 3.85. The van der Waals surface area contributed by atoms with E-state index in [1.807, 2.05) is 0 Å². The molecule has 0 unspecified atom stereocenters. The lowest BCUT2D eigenvalue weighted by molar-refractivity contribution is -0.388. The number of hydrogen-bond acceptors (Lipinski definition) is 6. The monoisotopic (exact) mass is 248 g/mol. The number of nitrogens with two attached hydrogens (primary N) is 1. The van der Waals surface area contributed by atoms with Gasteiger partial charge in [-0.3, -0.25) is 0 Å². The molecule has 0 saturated carbocycles. The van der Waals surface area contributed by atoms with Crippen LogP contribution < -0.4 is 10.5 Å². The Morgan fingerprint density at radius 1 is 1.59 bits per heavy atom. The first-order valence-corrected chi connectivity index (χ1v) is 3.85. The summed E-state index contributed by atoms with van der Waals surface area (Å²) in [6.45, 7) is 0. The Morgan fingerprint density at radius 2 is 2.18 bits per heavy atom. The standard InChI is InChI=1S/C7H3F3N4O3/c8-7(9,10)17-4-2-13-6(14(15)16)5(12)3(4)1-11/h2H,12H2. The van der Waals surface area contributed by atoms with Gasteiger partial charge in [-0.15, -0.1) is 13.2 Å². The predicted octanol–water partition coefficient (Wildman–Crippen LogP) is 1.34. The molecule has 0 fully saturated rings. The Balaban J connectivity index is 3.33. The van der Waals surface area contributed by atoms with Crippen molar-refractivity contribution in [1.82, 2.24) is 4.98 Å². The number of ether oxygens (including phenoxy) is 1. The van der Waals surface area contributed by atoms with Gasteiger partial charge in [-0.25, -0.2) is 0 Å². The molecule has 1 aromatic heterocycles. The largest absolute Gasteiger partial charge is 0.573 e. The van der Waals surface area contributed by atoms with E-state index in [-0.39, 0.29) is 0 Å². The van der Waals surface area contributed by atoms with Gasteiger partial charge in [0.25, 0.3) is 0 Å². The molecule has 0 bridgehead atoms. The summed E-state index contributed by atoms with van der Waals surface area (Å²) in [7, 11) is 0. The number of nitro groups is 1. The van der Waals surface area contributed by atoms with E-state index in [9.17, 15) is 23.3 Å². The van der Waals surface area contributed by atoms with Gasteiger partial charge in [0, 0.05) is 0 Å². The van der Waals surface area contributed by atoms with Crippen molar-refractivity contribution in [2.45, 2.75) is 6.36 Å². The second kappa shape index (κ2) is 4.12. The molecule has 1 aromatic rings. The highest BCUT2D eigenvalue weighted by atomic mass is 19.4. The van der Waals surface area contributed by atoms with E-state index in [1.54, 1.807) is 0 Å². The summed E-state index contributed by atoms with van der Waals surface area (Å²) in [5, 5.41) is 19.0. The third-order valence-electron chi connectivity index (χ3n) is 1.57. The topological polar surface area (TPSA) is 115 Å². The molecule has 0 radical (unpaired) electrons. The van der Waals surface area contributed by atoms with Crippen molar-refractivity contribution in [3.05, 3.63) is 21.9 Å². The fourth-order valence-corrected chi connectivity index (χ4v) is 0.961. The Labute approximate surface area is 91.4 Å². The van der Waals surface area contributed by atoms with Gasteiger partial charge in [-0.05, 0) is 9.91 Å². The third-order valence-corrected chi connectivity index (χ3v) is 1.57. The summed E-state index contributed by atoms with van der Waals surface area (Å²) in [4.78, 5) is 12.4. The molecule has 0 atom stereocenters. The highest BCUT2D eigenvalue weighted by molar-refractivity contribution is 5.68. The Morgan fingerprint density at radius 3 is 2.59 bits per heavy atom. The molecule has 0 saturated heterocycles. The average molecular weight is 248 g/mol. The van der Waals surface area contributed by atoms with E-state index in [2.05, 4.69) is 9.72 Å². The highest BCUT2D eigenvalue weighted by Crippen LogP contribution is 2.32. The van der Waals surface area contributed by atoms with Crippen molar-refractivity contribution >= 4 is 11.5 Å². The molecule has 10 heteroatoms. The Kier molecular flexibility index (Phi) is 3.03. The maximum atomic E-state index is 11.9. The van der Waals surface area contributed by atoms with Crippen molar-refractivity contribution < 1.29 is 22.8 Å². The second-order valence-corrected chi connectivity index (χ2v) is 2.65. The summed E-state index contributed by atoms with van der Waals surface area (Å²) in [6.07, 6.45) is -4.63. The van der Waals surface area contributed by atoms with Crippen molar-refractivity contribution in [2.24, 2.45) is 0 Å². The van der Waals surface area contributed by atoms with E-state index in [4.69, 9.17) is 11.0 Å². The van der Waals surface area contributed by atoms with Crippen LogP contribution in [0.1, 0.15) is 5.56 Å². The summed E-state index contributed by atoms with van der Waals surface area (Å²) in [6, 6.07) is 1.29. The number of halogens is 3. The zero-order valence-electron chi connectivity index (χ0n) is 7.85. The fraction of sp³-hybridized carbons (Fsp3) is 0.143. The van der Waals surface area contributed by atoms with Crippen molar-refractivity contribution in [3.8, 4) is 11.8 Å². The van der Waals surface area contributed by atoms with Crippen molar-refractivity contribution in [3.63, 3.8) is 0 Å². The predicted molar refractivity (Wildman–Crippen MR) is 46.7 cm³/mol. The number of nitrogens with zero attached hydrogens (tertiary/aromatic N) is 3. The smallest absolute Gasteiger partial charge is 0.400 e. The average Bonchev–Trinajstić information content (AvgIpc) is 2.15. The molecule has 0 aliphatic carbocycles. The van der Waals surface area contributed by atoms with Gasteiger partial charge in [0.1, 0.15) is 11.6 Å². The van der Waals surface area contributed by atoms with Crippen molar-refractivity contribution in [2.75, 3.05) is 5.73 Å². The number of anilines is 1. The third kappa shape index (κ3) is 2.71. The minimum Gasteiger partial charge on any atom is -0.400 e. The zero-order valence-corrected chi connectivity index (χ0v) is 7.85. The Bertz CT molecular complexity index is 508. The second-order valence-electron chi connectivity index (χ2n) is 2.65. The van der Waals surface area contributed by atoms with Gasteiger partial charge in [0.2, 0.25) is 0 Å². The number of alkyl halides is 3. The van der Waals surface area contributed by atoms with Gasteiger partial charge >= 0.3 is 12.2 Å². The molecular weight excluding hydrogens is 245 g/mol. The van der Waals surface area contributed by atoms with Gasteiger partial charge in [0.05, 0.1) is 0 Å². The van der Waals surface area contributed by atoms with Gasteiger partial charge in [0.15, 0.2) is 17.6 Å². The van der Waals surface area contributed by atoms with E-state index < -0.39 is 34.1 Å². The quantitative estimate of drug-likeness (QED) is 0.623. The number of aromatic nitrogens is 1. The molecule has 0 amide bonds. The lowest BCUT2D eigenvalue weighted by Crippen LogP contribution is -2.18. The first kappa shape index (κ1) is 12.5. The van der Waals surface area contributed by atoms with E-state index >= 15 is 0 Å². The van der Waals surface area contributed by atoms with Crippen LogP contribution >= 0.6 is 0 Å². The SMILES string of the molecule is N#Cc1c(OC(F)(F)F)cnc([N+](=O)[O-])c1N. The van der Waals surface area contributed by atoms with Gasteiger partial charge in [-0.2, -0.15) is 5.26 Å². The summed E-state index contributed by atoms with van der Waals surface area (Å²) >= 11 is 0. The molecule has 1 rings (SSSR count). The molecule has 90 valence electrons. The molecular formula is C7H3F3N4O3. The van der Waals surface area contributed by atoms with Crippen LogP contribution in [0.2, 0.25) is 0 Å². The minimum atomic E-state index is -5.05. The van der Waals surface area contributed by atoms with Crippen LogP contribution in [0.25, 0.3) is 0 Å². The molecule has 7 nitrogen and oxygen atoms in total. The number of nitrogen functional groups attached to an aromatic ring is 1. The molecule has 0 aliphatic heterocycles. The van der Waals surface area contributed by atoms with Crippen molar-refractivity contribution in [1.29, 1.82) is 5.26 Å². The zero-order chi connectivity index (χ0) is 13.2. The summed E-state index contributed by atoms with van der Waals surface area (Å²) in [5.41, 5.74) is 3.57. The molecule has 0 spiro atoms. The number of rotatable bonds is 2. The van der Waals surface area contributed by atoms with Gasteiger partial charge < -0.3 is 20.6 Å². The minimum absolute atomic E-state index is 0.417. The number of pyridine rings is 1. The van der Waals surface area contributed by atoms with Crippen LogP contribution in [-0.2, 0) is 0 Å². The van der Waals surface area contributed by atoms with Crippen LogP contribution in [0.4, 0.5) is 24.7 Å².